The Kier molecular flexibility index (Phi) is 4.73. The standard InChI is InChI=1S/C16H19N3O2/c1-10(2)11-3-4-15-14(5-11)16(12(6-17)7-18-15)19-8-13(21)9-20/h3-5,7,10,13,20-21H,8-9H2,1-2H3,(H,18,19). The lowest BCUT2D eigenvalue weighted by Crippen LogP contribution is -2.23. The summed E-state index contributed by atoms with van der Waals surface area (Å²) in [4.78, 5) is 4.29. The van der Waals surface area contributed by atoms with Crippen LogP contribution in [0.5, 0.6) is 0 Å². The zero-order valence-electron chi connectivity index (χ0n) is 12.2. The first-order valence-electron chi connectivity index (χ1n) is 6.92. The molecule has 1 unspecified atom stereocenters. The van der Waals surface area contributed by atoms with Gasteiger partial charge in [-0.05, 0) is 23.6 Å². The summed E-state index contributed by atoms with van der Waals surface area (Å²) in [5, 5.41) is 31.5. The third-order valence-electron chi connectivity index (χ3n) is 3.40. The predicted molar refractivity (Wildman–Crippen MR) is 82.1 cm³/mol. The minimum Gasteiger partial charge on any atom is -0.394 e. The van der Waals surface area contributed by atoms with Gasteiger partial charge in [0.1, 0.15) is 6.07 Å². The molecule has 0 radical (unpaired) electrons. The third-order valence-corrected chi connectivity index (χ3v) is 3.40. The van der Waals surface area contributed by atoms with E-state index in [0.717, 1.165) is 16.5 Å². The molecule has 0 spiro atoms. The van der Waals surface area contributed by atoms with Crippen LogP contribution in [0, 0.1) is 11.3 Å². The van der Waals surface area contributed by atoms with Crippen molar-refractivity contribution >= 4 is 16.6 Å². The van der Waals surface area contributed by atoms with Crippen molar-refractivity contribution in [3.63, 3.8) is 0 Å². The van der Waals surface area contributed by atoms with E-state index in [9.17, 15) is 10.4 Å². The Balaban J connectivity index is 2.52. The number of hydrogen-bond acceptors (Lipinski definition) is 5. The van der Waals surface area contributed by atoms with Gasteiger partial charge in [0.25, 0.3) is 0 Å². The molecule has 5 nitrogen and oxygen atoms in total. The van der Waals surface area contributed by atoms with Crippen molar-refractivity contribution in [3.05, 3.63) is 35.5 Å². The van der Waals surface area contributed by atoms with Crippen molar-refractivity contribution in [2.75, 3.05) is 18.5 Å². The lowest BCUT2D eigenvalue weighted by atomic mass is 9.99. The zero-order chi connectivity index (χ0) is 15.4. The number of nitrogens with one attached hydrogen (secondary N) is 1. The minimum absolute atomic E-state index is 0.177. The Bertz CT molecular complexity index is 677. The Hall–Kier alpha value is -2.16. The molecule has 21 heavy (non-hydrogen) atoms. The number of aliphatic hydroxyl groups is 2. The maximum Gasteiger partial charge on any atom is 0.103 e. The molecule has 1 atom stereocenters. The van der Waals surface area contributed by atoms with E-state index in [1.807, 2.05) is 18.2 Å². The second kappa shape index (κ2) is 6.53. The fourth-order valence-electron chi connectivity index (χ4n) is 2.13. The van der Waals surface area contributed by atoms with Gasteiger partial charge in [-0.15, -0.1) is 0 Å². The number of hydrogen-bond donors (Lipinski definition) is 3. The molecule has 0 aliphatic rings. The molecule has 0 saturated heterocycles. The van der Waals surface area contributed by atoms with Crippen molar-refractivity contribution < 1.29 is 10.2 Å². The average molecular weight is 285 g/mol. The number of nitrogens with zero attached hydrogens (tertiary/aromatic N) is 2. The monoisotopic (exact) mass is 285 g/mol. The molecule has 2 aromatic rings. The van der Waals surface area contributed by atoms with E-state index >= 15 is 0 Å². The van der Waals surface area contributed by atoms with E-state index < -0.39 is 6.10 Å². The van der Waals surface area contributed by atoms with Gasteiger partial charge in [-0.3, -0.25) is 4.98 Å². The largest absolute Gasteiger partial charge is 0.394 e. The van der Waals surface area contributed by atoms with Gasteiger partial charge in [0.05, 0.1) is 29.5 Å². The Labute approximate surface area is 123 Å². The zero-order valence-corrected chi connectivity index (χ0v) is 12.2. The molecule has 1 aromatic heterocycles. The van der Waals surface area contributed by atoms with Crippen LogP contribution < -0.4 is 5.32 Å². The first-order valence-corrected chi connectivity index (χ1v) is 6.92. The summed E-state index contributed by atoms with van der Waals surface area (Å²) in [5.41, 5.74) is 3.02. The summed E-state index contributed by atoms with van der Waals surface area (Å²) in [6.45, 7) is 4.06. The van der Waals surface area contributed by atoms with Crippen LogP contribution in [0.3, 0.4) is 0 Å². The number of pyridine rings is 1. The average Bonchev–Trinajstić information content (AvgIpc) is 2.51. The number of rotatable bonds is 5. The van der Waals surface area contributed by atoms with E-state index in [4.69, 9.17) is 5.11 Å². The van der Waals surface area contributed by atoms with Crippen LogP contribution in [0.25, 0.3) is 10.9 Å². The lowest BCUT2D eigenvalue weighted by Gasteiger charge is -2.15. The van der Waals surface area contributed by atoms with E-state index in [2.05, 4.69) is 30.2 Å². The number of anilines is 1. The maximum atomic E-state index is 9.49. The summed E-state index contributed by atoms with van der Waals surface area (Å²) < 4.78 is 0. The summed E-state index contributed by atoms with van der Waals surface area (Å²) in [6, 6.07) is 8.08. The Morgan fingerprint density at radius 1 is 1.38 bits per heavy atom. The van der Waals surface area contributed by atoms with Crippen LogP contribution in [0.4, 0.5) is 5.69 Å². The van der Waals surface area contributed by atoms with E-state index in [1.54, 1.807) is 0 Å². The van der Waals surface area contributed by atoms with Gasteiger partial charge in [-0.25, -0.2) is 0 Å². The summed E-state index contributed by atoms with van der Waals surface area (Å²) in [5.74, 6) is 0.371. The number of benzene rings is 1. The van der Waals surface area contributed by atoms with E-state index in [0.29, 0.717) is 17.2 Å². The molecule has 0 aliphatic heterocycles. The number of aliphatic hydroxyl groups excluding tert-OH is 2. The maximum absolute atomic E-state index is 9.49. The van der Waals surface area contributed by atoms with Crippen LogP contribution >= 0.6 is 0 Å². The molecule has 3 N–H and O–H groups in total. The highest BCUT2D eigenvalue weighted by atomic mass is 16.3. The summed E-state index contributed by atoms with van der Waals surface area (Å²) in [7, 11) is 0. The molecule has 0 amide bonds. The first-order chi connectivity index (χ1) is 10.1. The van der Waals surface area contributed by atoms with Crippen molar-refractivity contribution in [1.29, 1.82) is 5.26 Å². The first kappa shape index (κ1) is 15.2. The van der Waals surface area contributed by atoms with Gasteiger partial charge < -0.3 is 15.5 Å². The van der Waals surface area contributed by atoms with Gasteiger partial charge in [0.2, 0.25) is 0 Å². The normalized spacial score (nSPS) is 12.4. The fraction of sp³-hybridized carbons (Fsp3) is 0.375. The number of fused-ring (bicyclic) bond motifs is 1. The summed E-state index contributed by atoms with van der Waals surface area (Å²) >= 11 is 0. The minimum atomic E-state index is -0.868. The van der Waals surface area contributed by atoms with Crippen LogP contribution in [-0.2, 0) is 0 Å². The lowest BCUT2D eigenvalue weighted by molar-refractivity contribution is 0.105. The van der Waals surface area contributed by atoms with Gasteiger partial charge in [-0.2, -0.15) is 5.26 Å². The van der Waals surface area contributed by atoms with Crippen molar-refractivity contribution in [3.8, 4) is 6.07 Å². The van der Waals surface area contributed by atoms with E-state index in [-0.39, 0.29) is 13.2 Å². The highest BCUT2D eigenvalue weighted by molar-refractivity contribution is 5.94. The number of nitriles is 1. The molecule has 110 valence electrons. The molecular weight excluding hydrogens is 266 g/mol. The second-order valence-electron chi connectivity index (χ2n) is 5.31. The highest BCUT2D eigenvalue weighted by Crippen LogP contribution is 2.28. The molecule has 5 heteroatoms. The van der Waals surface area contributed by atoms with Crippen molar-refractivity contribution in [2.45, 2.75) is 25.9 Å². The predicted octanol–water partition coefficient (Wildman–Crippen LogP) is 1.99. The van der Waals surface area contributed by atoms with Crippen molar-refractivity contribution in [1.82, 2.24) is 4.98 Å². The third kappa shape index (κ3) is 3.30. The SMILES string of the molecule is CC(C)c1ccc2ncc(C#N)c(NCC(O)CO)c2c1. The molecular formula is C16H19N3O2. The van der Waals surface area contributed by atoms with Crippen LogP contribution in [0.2, 0.25) is 0 Å². The molecule has 0 bridgehead atoms. The van der Waals surface area contributed by atoms with E-state index in [1.165, 1.54) is 6.20 Å². The molecule has 1 heterocycles. The number of aromatic nitrogens is 1. The summed E-state index contributed by atoms with van der Waals surface area (Å²) in [6.07, 6.45) is 0.651. The second-order valence-corrected chi connectivity index (χ2v) is 5.31. The molecule has 1 aromatic carbocycles. The molecule has 0 aliphatic carbocycles. The van der Waals surface area contributed by atoms with Gasteiger partial charge in [0.15, 0.2) is 0 Å². The highest BCUT2D eigenvalue weighted by Gasteiger charge is 2.12. The topological polar surface area (TPSA) is 89.2 Å². The van der Waals surface area contributed by atoms with Crippen LogP contribution in [0.1, 0.15) is 30.9 Å². The van der Waals surface area contributed by atoms with Crippen LogP contribution in [0.15, 0.2) is 24.4 Å². The molecule has 0 saturated carbocycles. The smallest absolute Gasteiger partial charge is 0.103 e. The van der Waals surface area contributed by atoms with Crippen molar-refractivity contribution in [2.24, 2.45) is 0 Å². The van der Waals surface area contributed by atoms with Gasteiger partial charge >= 0.3 is 0 Å². The Morgan fingerprint density at radius 2 is 2.14 bits per heavy atom. The molecule has 0 fully saturated rings. The van der Waals surface area contributed by atoms with Gasteiger partial charge in [-0.1, -0.05) is 19.9 Å². The van der Waals surface area contributed by atoms with Crippen LogP contribution in [-0.4, -0.2) is 34.5 Å². The fourth-order valence-corrected chi connectivity index (χ4v) is 2.13. The quantitative estimate of drug-likeness (QED) is 0.782. The molecule has 2 rings (SSSR count). The van der Waals surface area contributed by atoms with Gasteiger partial charge in [0, 0.05) is 18.1 Å². The Morgan fingerprint density at radius 3 is 2.76 bits per heavy atom.